The van der Waals surface area contributed by atoms with Gasteiger partial charge in [-0.3, -0.25) is 4.90 Å². The molecule has 1 N–H and O–H groups in total. The van der Waals surface area contributed by atoms with Crippen LogP contribution in [0.4, 0.5) is 5.69 Å². The summed E-state index contributed by atoms with van der Waals surface area (Å²) in [4.78, 5) is 4.93. The Balaban J connectivity index is 1.64. The normalized spacial score (nSPS) is 18.8. The van der Waals surface area contributed by atoms with Gasteiger partial charge in [0.05, 0.1) is 26.5 Å². The molecule has 0 radical (unpaired) electrons. The van der Waals surface area contributed by atoms with Gasteiger partial charge in [0.2, 0.25) is 0 Å². The minimum absolute atomic E-state index is 0.283. The summed E-state index contributed by atoms with van der Waals surface area (Å²) in [5.41, 5.74) is 3.44. The van der Waals surface area contributed by atoms with Gasteiger partial charge in [-0.25, -0.2) is 0 Å². The molecule has 1 saturated heterocycles. The molecule has 0 spiro atoms. The Kier molecular flexibility index (Phi) is 7.14. The zero-order valence-electron chi connectivity index (χ0n) is 19.8. The summed E-state index contributed by atoms with van der Waals surface area (Å²) in [6.07, 6.45) is 7.81. The maximum Gasteiger partial charge on any atom is 0.161 e. The number of rotatable bonds is 7. The second kappa shape index (κ2) is 10.0. The van der Waals surface area contributed by atoms with Crippen LogP contribution in [0.15, 0.2) is 36.4 Å². The zero-order valence-corrected chi connectivity index (χ0v) is 19.8. The minimum atomic E-state index is -1.04. The smallest absolute Gasteiger partial charge is 0.161 e. The van der Waals surface area contributed by atoms with Crippen LogP contribution >= 0.6 is 0 Å². The standard InChI is InChI=1S/C27H34N2O4/c1-5-12-27(2,30)22-7-8-24-21(16-22)18-28(19-29(24)23-10-13-33-14-11-23)17-20-6-9-25(31-3)26(15-20)32-4/h1,6-9,15-16,23,30H,10-14,17-19H2,2-4H3. The number of anilines is 1. The SMILES string of the molecule is C#CCC(C)(O)c1ccc2c(c1)CN(Cc1ccc(OC)c(OC)c1)CN2C1CCOCC1. The molecule has 1 fully saturated rings. The van der Waals surface area contributed by atoms with Crippen molar-refractivity contribution < 1.29 is 19.3 Å². The Labute approximate surface area is 197 Å². The lowest BCUT2D eigenvalue weighted by atomic mass is 9.90. The highest BCUT2D eigenvalue weighted by Crippen LogP contribution is 2.36. The molecule has 33 heavy (non-hydrogen) atoms. The van der Waals surface area contributed by atoms with Crippen LogP contribution in [-0.4, -0.2) is 50.2 Å². The number of benzene rings is 2. The largest absolute Gasteiger partial charge is 0.493 e. The molecule has 6 heteroatoms. The average Bonchev–Trinajstić information content (AvgIpc) is 2.83. The third-order valence-electron chi connectivity index (χ3n) is 6.69. The van der Waals surface area contributed by atoms with E-state index >= 15 is 0 Å². The molecule has 176 valence electrons. The van der Waals surface area contributed by atoms with Crippen molar-refractivity contribution in [3.8, 4) is 23.8 Å². The van der Waals surface area contributed by atoms with E-state index in [1.54, 1.807) is 21.1 Å². The van der Waals surface area contributed by atoms with E-state index in [-0.39, 0.29) is 6.42 Å². The fourth-order valence-electron chi connectivity index (χ4n) is 4.86. The first-order valence-corrected chi connectivity index (χ1v) is 11.5. The number of terminal acetylenes is 1. The maximum atomic E-state index is 10.9. The molecular formula is C27H34N2O4. The molecule has 2 heterocycles. The molecule has 0 aliphatic carbocycles. The topological polar surface area (TPSA) is 54.4 Å². The van der Waals surface area contributed by atoms with Crippen molar-refractivity contribution in [2.45, 2.75) is 50.9 Å². The van der Waals surface area contributed by atoms with Crippen molar-refractivity contribution in [2.75, 3.05) is 39.0 Å². The Hall–Kier alpha value is -2.72. The van der Waals surface area contributed by atoms with Crippen LogP contribution in [0.2, 0.25) is 0 Å². The van der Waals surface area contributed by atoms with Crippen LogP contribution in [0.25, 0.3) is 0 Å². The zero-order chi connectivity index (χ0) is 23.4. The molecule has 1 atom stereocenters. The summed E-state index contributed by atoms with van der Waals surface area (Å²) in [6.45, 7) is 5.79. The minimum Gasteiger partial charge on any atom is -0.493 e. The summed E-state index contributed by atoms with van der Waals surface area (Å²) in [7, 11) is 3.31. The number of methoxy groups -OCH3 is 2. The first-order valence-electron chi connectivity index (χ1n) is 11.5. The predicted molar refractivity (Wildman–Crippen MR) is 129 cm³/mol. The van der Waals surface area contributed by atoms with Crippen molar-refractivity contribution in [3.63, 3.8) is 0 Å². The van der Waals surface area contributed by atoms with Crippen molar-refractivity contribution in [1.82, 2.24) is 4.90 Å². The highest BCUT2D eigenvalue weighted by molar-refractivity contribution is 5.58. The van der Waals surface area contributed by atoms with Gasteiger partial charge in [-0.15, -0.1) is 12.3 Å². The van der Waals surface area contributed by atoms with Crippen LogP contribution < -0.4 is 14.4 Å². The number of aliphatic hydroxyl groups is 1. The molecule has 2 aromatic rings. The second-order valence-corrected chi connectivity index (χ2v) is 9.13. The van der Waals surface area contributed by atoms with Gasteiger partial charge in [0.1, 0.15) is 0 Å². The van der Waals surface area contributed by atoms with E-state index in [0.717, 1.165) is 62.9 Å². The molecule has 2 aliphatic rings. The number of fused-ring (bicyclic) bond motifs is 1. The monoisotopic (exact) mass is 450 g/mol. The van der Waals surface area contributed by atoms with Gasteiger partial charge >= 0.3 is 0 Å². The van der Waals surface area contributed by atoms with Crippen molar-refractivity contribution in [2.24, 2.45) is 0 Å². The molecule has 0 saturated carbocycles. The van der Waals surface area contributed by atoms with Crippen LogP contribution in [-0.2, 0) is 23.4 Å². The number of hydrogen-bond donors (Lipinski definition) is 1. The highest BCUT2D eigenvalue weighted by atomic mass is 16.5. The molecule has 0 bridgehead atoms. The lowest BCUT2D eigenvalue weighted by Crippen LogP contribution is -2.49. The van der Waals surface area contributed by atoms with Crippen molar-refractivity contribution in [1.29, 1.82) is 0 Å². The molecule has 4 rings (SSSR count). The van der Waals surface area contributed by atoms with Crippen LogP contribution in [0.3, 0.4) is 0 Å². The maximum absolute atomic E-state index is 10.9. The number of nitrogens with zero attached hydrogens (tertiary/aromatic N) is 2. The first-order chi connectivity index (χ1) is 15.9. The van der Waals surface area contributed by atoms with Crippen molar-refractivity contribution >= 4 is 5.69 Å². The summed E-state index contributed by atoms with van der Waals surface area (Å²) in [5.74, 6) is 4.07. The Morgan fingerprint density at radius 2 is 1.88 bits per heavy atom. The van der Waals surface area contributed by atoms with E-state index in [2.05, 4.69) is 33.9 Å². The summed E-state index contributed by atoms with van der Waals surface area (Å²) < 4.78 is 16.5. The van der Waals surface area contributed by atoms with Crippen LogP contribution in [0.1, 0.15) is 42.9 Å². The van der Waals surface area contributed by atoms with Gasteiger partial charge < -0.3 is 24.2 Å². The molecule has 2 aliphatic heterocycles. The average molecular weight is 451 g/mol. The van der Waals surface area contributed by atoms with Gasteiger partial charge in [-0.2, -0.15) is 0 Å². The third kappa shape index (κ3) is 5.11. The first kappa shape index (κ1) is 23.4. The lowest BCUT2D eigenvalue weighted by Gasteiger charge is -2.44. The molecule has 1 unspecified atom stereocenters. The van der Waals surface area contributed by atoms with E-state index in [1.807, 2.05) is 18.2 Å². The Bertz CT molecular complexity index is 1010. The molecule has 2 aromatic carbocycles. The molecule has 0 aromatic heterocycles. The fourth-order valence-corrected chi connectivity index (χ4v) is 4.86. The van der Waals surface area contributed by atoms with Gasteiger partial charge in [0.25, 0.3) is 0 Å². The summed E-state index contributed by atoms with van der Waals surface area (Å²) in [5, 5.41) is 10.9. The second-order valence-electron chi connectivity index (χ2n) is 9.13. The van der Waals surface area contributed by atoms with Gasteiger partial charge in [0, 0.05) is 44.5 Å². The van der Waals surface area contributed by atoms with E-state index in [0.29, 0.717) is 6.04 Å². The fraction of sp³-hybridized carbons (Fsp3) is 0.481. The van der Waals surface area contributed by atoms with Gasteiger partial charge in [-0.1, -0.05) is 12.1 Å². The lowest BCUT2D eigenvalue weighted by molar-refractivity contribution is 0.0626. The Morgan fingerprint density at radius 1 is 1.12 bits per heavy atom. The van der Waals surface area contributed by atoms with Crippen molar-refractivity contribution in [3.05, 3.63) is 53.1 Å². The van der Waals surface area contributed by atoms with E-state index in [1.165, 1.54) is 16.8 Å². The van der Waals surface area contributed by atoms with E-state index in [9.17, 15) is 5.11 Å². The van der Waals surface area contributed by atoms with Crippen LogP contribution in [0.5, 0.6) is 11.5 Å². The number of hydrogen-bond acceptors (Lipinski definition) is 6. The highest BCUT2D eigenvalue weighted by Gasteiger charge is 2.31. The van der Waals surface area contributed by atoms with Gasteiger partial charge in [-0.05, 0) is 60.7 Å². The molecule has 6 nitrogen and oxygen atoms in total. The molecule has 0 amide bonds. The van der Waals surface area contributed by atoms with E-state index in [4.69, 9.17) is 20.6 Å². The molecular weight excluding hydrogens is 416 g/mol. The summed E-state index contributed by atoms with van der Waals surface area (Å²) in [6, 6.07) is 12.8. The summed E-state index contributed by atoms with van der Waals surface area (Å²) >= 11 is 0. The van der Waals surface area contributed by atoms with Crippen LogP contribution in [0, 0.1) is 12.3 Å². The van der Waals surface area contributed by atoms with E-state index < -0.39 is 5.60 Å². The van der Waals surface area contributed by atoms with Gasteiger partial charge in [0.15, 0.2) is 11.5 Å². The predicted octanol–water partition coefficient (Wildman–Crippen LogP) is 3.89. The Morgan fingerprint density at radius 3 is 2.58 bits per heavy atom. The number of ether oxygens (including phenoxy) is 3. The quantitative estimate of drug-likeness (QED) is 0.646. The third-order valence-corrected chi connectivity index (χ3v) is 6.69.